The molecule has 0 saturated carbocycles. The molecule has 2 N–H and O–H groups in total. The molecule has 0 aliphatic carbocycles. The van der Waals surface area contributed by atoms with E-state index < -0.39 is 10.0 Å². The molecule has 0 aliphatic rings. The summed E-state index contributed by atoms with van der Waals surface area (Å²) in [6.45, 7) is 0. The van der Waals surface area contributed by atoms with Crippen molar-refractivity contribution >= 4 is 51.1 Å². The monoisotopic (exact) mass is 539 g/mol. The van der Waals surface area contributed by atoms with Crippen LogP contribution in [0.5, 0.6) is 28.7 Å². The molecule has 0 fully saturated rings. The minimum absolute atomic E-state index is 0.0307. The molecule has 0 aromatic heterocycles. The van der Waals surface area contributed by atoms with Gasteiger partial charge in [-0.1, -0.05) is 35.4 Å². The minimum Gasteiger partial charge on any atom is -0.504 e. The first-order valence-electron chi connectivity index (χ1n) is 10.0. The highest BCUT2D eigenvalue weighted by molar-refractivity contribution is 7.92. The normalized spacial score (nSPS) is 11.4. The standard InChI is InChI=1S/C24H23Cl2NO7S/c1-31-21-11-15(12-22(32-2)24(21)34-4)6-5-14-9-19(23(33-3)20(28)10-14)27-35(29,30)16-7-8-17(25)18(26)13-16/h5-13,27-28H,1-4H3. The summed E-state index contributed by atoms with van der Waals surface area (Å²) in [6, 6.07) is 10.4. The number of ether oxygens (including phenoxy) is 4. The number of nitrogens with one attached hydrogen (secondary N) is 1. The van der Waals surface area contributed by atoms with Crippen molar-refractivity contribution in [2.24, 2.45) is 0 Å². The van der Waals surface area contributed by atoms with Crippen LogP contribution in [0.4, 0.5) is 5.69 Å². The summed E-state index contributed by atoms with van der Waals surface area (Å²) in [5, 5.41) is 10.8. The maximum atomic E-state index is 12.9. The second-order valence-electron chi connectivity index (χ2n) is 7.09. The fraction of sp³-hybridized carbons (Fsp3) is 0.167. The van der Waals surface area contributed by atoms with Gasteiger partial charge in [-0.25, -0.2) is 8.42 Å². The van der Waals surface area contributed by atoms with Crippen molar-refractivity contribution in [3.8, 4) is 28.7 Å². The van der Waals surface area contributed by atoms with Crippen molar-refractivity contribution in [1.82, 2.24) is 0 Å². The van der Waals surface area contributed by atoms with Crippen LogP contribution in [0.25, 0.3) is 12.2 Å². The number of methoxy groups -OCH3 is 4. The number of phenolic OH excluding ortho intramolecular Hbond substituents is 1. The topological polar surface area (TPSA) is 103 Å². The number of anilines is 1. The summed E-state index contributed by atoms with van der Waals surface area (Å²) in [7, 11) is 1.79. The van der Waals surface area contributed by atoms with E-state index >= 15 is 0 Å². The molecular weight excluding hydrogens is 517 g/mol. The Kier molecular flexibility index (Phi) is 8.26. The van der Waals surface area contributed by atoms with E-state index in [4.69, 9.17) is 42.1 Å². The summed E-state index contributed by atoms with van der Waals surface area (Å²) in [6.07, 6.45) is 3.42. The Morgan fingerprint density at radius 3 is 1.86 bits per heavy atom. The van der Waals surface area contributed by atoms with Gasteiger partial charge in [0.1, 0.15) is 0 Å². The Balaban J connectivity index is 2.00. The summed E-state index contributed by atoms with van der Waals surface area (Å²) < 4.78 is 49.5. The number of sulfonamides is 1. The zero-order valence-electron chi connectivity index (χ0n) is 19.3. The van der Waals surface area contributed by atoms with Crippen molar-refractivity contribution in [3.63, 3.8) is 0 Å². The minimum atomic E-state index is -4.07. The third-order valence-electron chi connectivity index (χ3n) is 4.90. The second-order valence-corrected chi connectivity index (χ2v) is 9.59. The maximum absolute atomic E-state index is 12.9. The highest BCUT2D eigenvalue weighted by atomic mass is 35.5. The summed E-state index contributed by atoms with van der Waals surface area (Å²) in [5.74, 6) is 1.09. The molecule has 35 heavy (non-hydrogen) atoms. The van der Waals surface area contributed by atoms with E-state index in [1.54, 1.807) is 24.3 Å². The number of aromatic hydroxyl groups is 1. The van der Waals surface area contributed by atoms with Gasteiger partial charge in [0.15, 0.2) is 23.0 Å². The van der Waals surface area contributed by atoms with Crippen molar-refractivity contribution < 1.29 is 32.5 Å². The smallest absolute Gasteiger partial charge is 0.262 e. The van der Waals surface area contributed by atoms with Gasteiger partial charge in [0.25, 0.3) is 10.0 Å². The van der Waals surface area contributed by atoms with Crippen LogP contribution in [-0.4, -0.2) is 42.0 Å². The summed E-state index contributed by atoms with van der Waals surface area (Å²) in [4.78, 5) is -0.105. The van der Waals surface area contributed by atoms with Gasteiger partial charge in [-0.3, -0.25) is 4.72 Å². The summed E-state index contributed by atoms with van der Waals surface area (Å²) >= 11 is 11.9. The van der Waals surface area contributed by atoms with Crippen LogP contribution in [-0.2, 0) is 10.0 Å². The van der Waals surface area contributed by atoms with Crippen LogP contribution in [0.1, 0.15) is 11.1 Å². The first-order valence-corrected chi connectivity index (χ1v) is 12.2. The van der Waals surface area contributed by atoms with E-state index in [1.807, 2.05) is 0 Å². The molecule has 8 nitrogen and oxygen atoms in total. The lowest BCUT2D eigenvalue weighted by molar-refractivity contribution is 0.324. The number of phenols is 1. The maximum Gasteiger partial charge on any atom is 0.262 e. The molecule has 11 heteroatoms. The molecule has 0 bridgehead atoms. The largest absolute Gasteiger partial charge is 0.504 e. The van der Waals surface area contributed by atoms with Crippen LogP contribution in [0.15, 0.2) is 47.4 Å². The average Bonchev–Trinajstić information content (AvgIpc) is 2.83. The first-order chi connectivity index (χ1) is 16.6. The molecule has 0 amide bonds. The number of benzene rings is 3. The average molecular weight is 540 g/mol. The van der Waals surface area contributed by atoms with E-state index in [0.717, 1.165) is 0 Å². The third kappa shape index (κ3) is 5.87. The van der Waals surface area contributed by atoms with Crippen molar-refractivity contribution in [1.29, 1.82) is 0 Å². The highest BCUT2D eigenvalue weighted by Crippen LogP contribution is 2.40. The molecule has 3 rings (SSSR count). The predicted octanol–water partition coefficient (Wildman–Crippen LogP) is 5.70. The SMILES string of the molecule is COc1cc(C=Cc2cc(O)c(OC)c(NS(=O)(=O)c3ccc(Cl)c(Cl)c3)c2)cc(OC)c1OC. The second kappa shape index (κ2) is 11.0. The van der Waals surface area contributed by atoms with Crippen LogP contribution >= 0.6 is 23.2 Å². The molecule has 0 atom stereocenters. The Morgan fingerprint density at radius 1 is 0.771 bits per heavy atom. The van der Waals surface area contributed by atoms with Crippen molar-refractivity contribution in [2.75, 3.05) is 33.2 Å². The molecule has 186 valence electrons. The van der Waals surface area contributed by atoms with Crippen LogP contribution in [0.2, 0.25) is 10.0 Å². The van der Waals surface area contributed by atoms with Crippen LogP contribution in [0.3, 0.4) is 0 Å². The van der Waals surface area contributed by atoms with Gasteiger partial charge in [-0.05, 0) is 53.6 Å². The lowest BCUT2D eigenvalue weighted by Gasteiger charge is -2.15. The van der Waals surface area contributed by atoms with Gasteiger partial charge >= 0.3 is 0 Å². The van der Waals surface area contributed by atoms with Gasteiger partial charge in [0, 0.05) is 0 Å². The molecule has 0 aliphatic heterocycles. The zero-order chi connectivity index (χ0) is 25.8. The van der Waals surface area contributed by atoms with Gasteiger partial charge in [0.2, 0.25) is 5.75 Å². The van der Waals surface area contributed by atoms with Crippen molar-refractivity contribution in [2.45, 2.75) is 4.90 Å². The fourth-order valence-electron chi connectivity index (χ4n) is 3.26. The first kappa shape index (κ1) is 26.3. The molecular formula is C24H23Cl2NO7S. The number of halogens is 2. The van der Waals surface area contributed by atoms with Crippen molar-refractivity contribution in [3.05, 3.63) is 63.6 Å². The Morgan fingerprint density at radius 2 is 1.34 bits per heavy atom. The molecule has 0 radical (unpaired) electrons. The molecule has 0 heterocycles. The Labute approximate surface area is 213 Å². The van der Waals surface area contributed by atoms with Gasteiger partial charge < -0.3 is 24.1 Å². The zero-order valence-corrected chi connectivity index (χ0v) is 21.6. The molecule has 3 aromatic carbocycles. The molecule has 0 saturated heterocycles. The van der Waals surface area contributed by atoms with E-state index in [2.05, 4.69) is 4.72 Å². The highest BCUT2D eigenvalue weighted by Gasteiger charge is 2.20. The lowest BCUT2D eigenvalue weighted by Crippen LogP contribution is -2.14. The number of rotatable bonds is 9. The quantitative estimate of drug-likeness (QED) is 0.336. The Hall–Kier alpha value is -3.27. The molecule has 0 unspecified atom stereocenters. The predicted molar refractivity (Wildman–Crippen MR) is 137 cm³/mol. The molecule has 3 aromatic rings. The summed E-state index contributed by atoms with van der Waals surface area (Å²) in [5.41, 5.74) is 1.24. The van der Waals surface area contributed by atoms with Crippen LogP contribution in [0, 0.1) is 0 Å². The number of hydrogen-bond acceptors (Lipinski definition) is 7. The lowest BCUT2D eigenvalue weighted by atomic mass is 10.1. The van der Waals surface area contributed by atoms with E-state index in [9.17, 15) is 13.5 Å². The number of hydrogen-bond donors (Lipinski definition) is 2. The van der Waals surface area contributed by atoms with Gasteiger partial charge in [0.05, 0.1) is 49.1 Å². The van der Waals surface area contributed by atoms with E-state index in [0.29, 0.717) is 28.4 Å². The van der Waals surface area contributed by atoms with Gasteiger partial charge in [-0.2, -0.15) is 0 Å². The fourth-order valence-corrected chi connectivity index (χ4v) is 4.70. The Bertz CT molecular complexity index is 1350. The van der Waals surface area contributed by atoms with E-state index in [1.165, 1.54) is 58.8 Å². The van der Waals surface area contributed by atoms with E-state index in [-0.39, 0.29) is 32.1 Å². The van der Waals surface area contributed by atoms with Gasteiger partial charge in [-0.15, -0.1) is 0 Å². The van der Waals surface area contributed by atoms with Crippen LogP contribution < -0.4 is 23.7 Å². The third-order valence-corrected chi connectivity index (χ3v) is 7.00. The molecule has 0 spiro atoms.